The average Bonchev–Trinajstić information content (AvgIpc) is 3.24. The van der Waals surface area contributed by atoms with Crippen molar-refractivity contribution in [3.63, 3.8) is 0 Å². The summed E-state index contributed by atoms with van der Waals surface area (Å²) in [6.07, 6.45) is 6.50. The summed E-state index contributed by atoms with van der Waals surface area (Å²) in [7, 11) is 0. The average molecular weight is 413 g/mol. The van der Waals surface area contributed by atoms with Gasteiger partial charge in [0.2, 0.25) is 0 Å². The minimum Gasteiger partial charge on any atom is -0.486 e. The Balaban J connectivity index is 1.38. The van der Waals surface area contributed by atoms with Crippen LogP contribution in [-0.2, 0) is 11.3 Å². The molecule has 1 aliphatic rings. The first-order valence-electron chi connectivity index (χ1n) is 9.65. The van der Waals surface area contributed by atoms with Gasteiger partial charge in [-0.2, -0.15) is 5.26 Å². The molecule has 1 aliphatic heterocycles. The molecule has 8 nitrogen and oxygen atoms in total. The zero-order valence-corrected chi connectivity index (χ0v) is 16.6. The Morgan fingerprint density at radius 3 is 2.77 bits per heavy atom. The number of anilines is 1. The molecule has 0 atom stereocenters. The lowest BCUT2D eigenvalue weighted by Gasteiger charge is -2.18. The van der Waals surface area contributed by atoms with Gasteiger partial charge < -0.3 is 14.8 Å². The lowest BCUT2D eigenvalue weighted by Crippen LogP contribution is -2.17. The van der Waals surface area contributed by atoms with Crippen LogP contribution in [0.5, 0.6) is 11.5 Å². The van der Waals surface area contributed by atoms with E-state index in [1.165, 1.54) is 6.08 Å². The summed E-state index contributed by atoms with van der Waals surface area (Å²) in [5.41, 5.74) is 2.22. The maximum atomic E-state index is 12.4. The molecule has 1 aromatic heterocycles. The Morgan fingerprint density at radius 1 is 1.16 bits per heavy atom. The van der Waals surface area contributed by atoms with E-state index in [9.17, 15) is 10.1 Å². The first-order chi connectivity index (χ1) is 15.2. The normalized spacial score (nSPS) is 13.1. The molecular formula is C23H19N5O3. The van der Waals surface area contributed by atoms with Crippen LogP contribution in [0.15, 0.2) is 72.5 Å². The highest BCUT2D eigenvalue weighted by atomic mass is 16.6. The fraction of sp³-hybridized carbons (Fsp3) is 0.130. The first-order valence-corrected chi connectivity index (χ1v) is 9.65. The van der Waals surface area contributed by atoms with Crippen molar-refractivity contribution in [2.75, 3.05) is 18.5 Å². The summed E-state index contributed by atoms with van der Waals surface area (Å²) >= 11 is 0. The molecule has 8 heteroatoms. The number of nitrogens with one attached hydrogen (secondary N) is 1. The molecule has 2 aromatic carbocycles. The standard InChI is InChI=1S/C23H19N5O3/c24-14-18(23(29)25-19-9-10-21-22(13-19)31-12-11-30-21)7-4-8-20-16-28(27-26-20)15-17-5-2-1-3-6-17/h1-10,13,16H,11-12,15H2,(H,25,29)/b8-4+,18-7+. The molecule has 4 rings (SSSR count). The summed E-state index contributed by atoms with van der Waals surface area (Å²) in [5, 5.41) is 20.2. The maximum absolute atomic E-state index is 12.4. The number of allylic oxidation sites excluding steroid dienone is 2. The summed E-state index contributed by atoms with van der Waals surface area (Å²) < 4.78 is 12.7. The zero-order valence-electron chi connectivity index (χ0n) is 16.6. The maximum Gasteiger partial charge on any atom is 0.266 e. The van der Waals surface area contributed by atoms with Crippen LogP contribution in [0.1, 0.15) is 11.3 Å². The largest absolute Gasteiger partial charge is 0.486 e. The van der Waals surface area contributed by atoms with E-state index in [-0.39, 0.29) is 5.57 Å². The summed E-state index contributed by atoms with van der Waals surface area (Å²) in [6, 6.07) is 16.9. The van der Waals surface area contributed by atoms with Crippen molar-refractivity contribution in [1.82, 2.24) is 15.0 Å². The zero-order chi connectivity index (χ0) is 21.5. The number of aromatic nitrogens is 3. The second-order valence-corrected chi connectivity index (χ2v) is 6.69. The van der Waals surface area contributed by atoms with Crippen LogP contribution in [-0.4, -0.2) is 34.1 Å². The first kappa shape index (κ1) is 19.9. The van der Waals surface area contributed by atoms with E-state index < -0.39 is 5.91 Å². The van der Waals surface area contributed by atoms with Crippen LogP contribution in [0.25, 0.3) is 6.08 Å². The van der Waals surface area contributed by atoms with Gasteiger partial charge in [-0.05, 0) is 29.8 Å². The SMILES string of the molecule is N#C/C(=C\C=C\c1cn(Cc2ccccc2)nn1)C(=O)Nc1ccc2c(c1)OCCO2. The van der Waals surface area contributed by atoms with Gasteiger partial charge >= 0.3 is 0 Å². The van der Waals surface area contributed by atoms with Gasteiger partial charge in [0.05, 0.1) is 12.7 Å². The van der Waals surface area contributed by atoms with Crippen molar-refractivity contribution in [1.29, 1.82) is 5.26 Å². The van der Waals surface area contributed by atoms with E-state index in [1.807, 2.05) is 36.4 Å². The van der Waals surface area contributed by atoms with Gasteiger partial charge in [-0.1, -0.05) is 41.6 Å². The van der Waals surface area contributed by atoms with Crippen LogP contribution in [0, 0.1) is 11.3 Å². The third kappa shape index (κ3) is 5.16. The van der Waals surface area contributed by atoms with Crippen LogP contribution in [0.3, 0.4) is 0 Å². The molecule has 0 bridgehead atoms. The Bertz CT molecular complexity index is 1180. The van der Waals surface area contributed by atoms with E-state index >= 15 is 0 Å². The molecule has 0 saturated heterocycles. The highest BCUT2D eigenvalue weighted by Crippen LogP contribution is 2.32. The molecular weight excluding hydrogens is 394 g/mol. The molecule has 1 amide bonds. The predicted molar refractivity (Wildman–Crippen MR) is 114 cm³/mol. The molecule has 3 aromatic rings. The fourth-order valence-corrected chi connectivity index (χ4v) is 2.96. The molecule has 154 valence electrons. The molecule has 31 heavy (non-hydrogen) atoms. The van der Waals surface area contributed by atoms with Crippen molar-refractivity contribution < 1.29 is 14.3 Å². The topological polar surface area (TPSA) is 102 Å². The van der Waals surface area contributed by atoms with Crippen molar-refractivity contribution in [2.45, 2.75) is 6.54 Å². The van der Waals surface area contributed by atoms with E-state index in [0.717, 1.165) is 5.56 Å². The summed E-state index contributed by atoms with van der Waals surface area (Å²) in [5.74, 6) is 0.671. The fourth-order valence-electron chi connectivity index (χ4n) is 2.96. The summed E-state index contributed by atoms with van der Waals surface area (Å²) in [6.45, 7) is 1.56. The number of ether oxygens (including phenoxy) is 2. The molecule has 2 heterocycles. The third-order valence-electron chi connectivity index (χ3n) is 4.44. The number of hydrogen-bond donors (Lipinski definition) is 1. The Morgan fingerprint density at radius 2 is 1.97 bits per heavy atom. The molecule has 0 saturated carbocycles. The highest BCUT2D eigenvalue weighted by Gasteiger charge is 2.14. The monoisotopic (exact) mass is 413 g/mol. The van der Waals surface area contributed by atoms with Gasteiger partial charge in [0.25, 0.3) is 5.91 Å². The number of nitriles is 1. The second kappa shape index (κ2) is 9.41. The Kier molecular flexibility index (Phi) is 6.05. The number of hydrogen-bond acceptors (Lipinski definition) is 6. The molecule has 0 aliphatic carbocycles. The quantitative estimate of drug-likeness (QED) is 0.378. The number of amides is 1. The third-order valence-corrected chi connectivity index (χ3v) is 4.44. The Hall–Kier alpha value is -4.38. The van der Waals surface area contributed by atoms with Crippen LogP contribution >= 0.6 is 0 Å². The van der Waals surface area contributed by atoms with Crippen molar-refractivity contribution in [3.05, 3.63) is 83.7 Å². The molecule has 0 radical (unpaired) electrons. The van der Waals surface area contributed by atoms with E-state index in [1.54, 1.807) is 41.2 Å². The van der Waals surface area contributed by atoms with E-state index in [0.29, 0.717) is 42.6 Å². The van der Waals surface area contributed by atoms with Crippen LogP contribution in [0.4, 0.5) is 5.69 Å². The minimum absolute atomic E-state index is 0.0391. The number of carbonyl (C=O) groups excluding carboxylic acids is 1. The molecule has 0 spiro atoms. The smallest absolute Gasteiger partial charge is 0.266 e. The lowest BCUT2D eigenvalue weighted by molar-refractivity contribution is -0.112. The van der Waals surface area contributed by atoms with Crippen molar-refractivity contribution in [3.8, 4) is 17.6 Å². The second-order valence-electron chi connectivity index (χ2n) is 6.69. The van der Waals surface area contributed by atoms with Crippen molar-refractivity contribution in [2.24, 2.45) is 0 Å². The van der Waals surface area contributed by atoms with E-state index in [4.69, 9.17) is 9.47 Å². The molecule has 1 N–H and O–H groups in total. The number of fused-ring (bicyclic) bond motifs is 1. The van der Waals surface area contributed by atoms with Crippen LogP contribution < -0.4 is 14.8 Å². The number of nitrogens with zero attached hydrogens (tertiary/aromatic N) is 4. The molecule has 0 unspecified atom stereocenters. The highest BCUT2D eigenvalue weighted by molar-refractivity contribution is 6.06. The summed E-state index contributed by atoms with van der Waals surface area (Å²) in [4.78, 5) is 12.4. The van der Waals surface area contributed by atoms with Gasteiger partial charge in [0.1, 0.15) is 30.6 Å². The van der Waals surface area contributed by atoms with Gasteiger partial charge in [0, 0.05) is 11.8 Å². The van der Waals surface area contributed by atoms with Crippen LogP contribution in [0.2, 0.25) is 0 Å². The molecule has 0 fully saturated rings. The van der Waals surface area contributed by atoms with Gasteiger partial charge in [-0.25, -0.2) is 4.68 Å². The van der Waals surface area contributed by atoms with Crippen molar-refractivity contribution >= 4 is 17.7 Å². The Labute approximate surface area is 179 Å². The number of rotatable bonds is 6. The predicted octanol–water partition coefficient (Wildman–Crippen LogP) is 3.20. The lowest BCUT2D eigenvalue weighted by atomic mass is 10.2. The minimum atomic E-state index is -0.517. The van der Waals surface area contributed by atoms with Gasteiger partial charge in [-0.3, -0.25) is 4.79 Å². The number of carbonyl (C=O) groups is 1. The van der Waals surface area contributed by atoms with Gasteiger partial charge in [-0.15, -0.1) is 5.10 Å². The van der Waals surface area contributed by atoms with Gasteiger partial charge in [0.15, 0.2) is 11.5 Å². The van der Waals surface area contributed by atoms with E-state index in [2.05, 4.69) is 15.6 Å². The number of benzene rings is 2.